The van der Waals surface area contributed by atoms with Crippen molar-refractivity contribution in [3.8, 4) is 0 Å². The summed E-state index contributed by atoms with van der Waals surface area (Å²) in [6.07, 6.45) is 71.1. The Balaban J connectivity index is 4.43. The van der Waals surface area contributed by atoms with Crippen molar-refractivity contribution in [3.63, 3.8) is 0 Å². The van der Waals surface area contributed by atoms with Crippen molar-refractivity contribution in [2.45, 2.75) is 252 Å². The van der Waals surface area contributed by atoms with Gasteiger partial charge in [-0.1, -0.05) is 227 Å². The van der Waals surface area contributed by atoms with E-state index >= 15 is 0 Å². The van der Waals surface area contributed by atoms with Crippen LogP contribution >= 0.6 is 0 Å². The molecule has 0 fully saturated rings. The second-order valence-electron chi connectivity index (χ2n) is 17.8. The quantitative estimate of drug-likeness (QED) is 0.0199. The van der Waals surface area contributed by atoms with Crippen LogP contribution in [0.5, 0.6) is 0 Å². The molecule has 0 saturated heterocycles. The first-order chi connectivity index (χ1) is 32.5. The highest BCUT2D eigenvalue weighted by atomic mass is 16.6. The van der Waals surface area contributed by atoms with Crippen LogP contribution in [0.3, 0.4) is 0 Å². The number of allylic oxidation sites excluding steroid dienone is 16. The van der Waals surface area contributed by atoms with Crippen LogP contribution in [0.25, 0.3) is 0 Å². The molecule has 66 heavy (non-hydrogen) atoms. The molecular formula is C60H100O6. The number of carbonyl (C=O) groups is 3. The Hall–Kier alpha value is -3.67. The summed E-state index contributed by atoms with van der Waals surface area (Å²) in [5.41, 5.74) is 0. The normalized spacial score (nSPS) is 12.8. The number of unbranched alkanes of at least 4 members (excludes halogenated alkanes) is 24. The molecule has 0 aliphatic heterocycles. The molecule has 0 aromatic heterocycles. The maximum Gasteiger partial charge on any atom is 0.306 e. The molecule has 376 valence electrons. The minimum Gasteiger partial charge on any atom is -0.462 e. The number of ether oxygens (including phenoxy) is 3. The molecule has 1 atom stereocenters. The van der Waals surface area contributed by atoms with Gasteiger partial charge >= 0.3 is 17.9 Å². The van der Waals surface area contributed by atoms with Crippen LogP contribution in [-0.4, -0.2) is 37.2 Å². The van der Waals surface area contributed by atoms with Gasteiger partial charge in [-0.3, -0.25) is 14.4 Å². The van der Waals surface area contributed by atoms with Crippen LogP contribution < -0.4 is 0 Å². The van der Waals surface area contributed by atoms with E-state index in [4.69, 9.17) is 14.2 Å². The fraction of sp³-hybridized carbons (Fsp3) is 0.683. The van der Waals surface area contributed by atoms with Crippen molar-refractivity contribution in [1.29, 1.82) is 0 Å². The third kappa shape index (κ3) is 51.3. The number of carbonyl (C=O) groups excluding carboxylic acids is 3. The molecule has 6 nitrogen and oxygen atoms in total. The first-order valence-electron chi connectivity index (χ1n) is 27.3. The molecule has 0 spiro atoms. The molecule has 0 bridgehead atoms. The van der Waals surface area contributed by atoms with Crippen molar-refractivity contribution in [2.24, 2.45) is 0 Å². The third-order valence-corrected chi connectivity index (χ3v) is 11.4. The minimum atomic E-state index is -0.803. The van der Waals surface area contributed by atoms with Crippen molar-refractivity contribution < 1.29 is 28.6 Å². The van der Waals surface area contributed by atoms with Gasteiger partial charge in [-0.15, -0.1) is 0 Å². The molecule has 0 heterocycles. The second kappa shape index (κ2) is 53.9. The zero-order valence-electron chi connectivity index (χ0n) is 42.9. The van der Waals surface area contributed by atoms with Crippen LogP contribution in [0.1, 0.15) is 245 Å². The Morgan fingerprint density at radius 3 is 1.14 bits per heavy atom. The molecule has 0 amide bonds. The molecule has 1 unspecified atom stereocenters. The van der Waals surface area contributed by atoms with Gasteiger partial charge in [-0.2, -0.15) is 0 Å². The molecule has 0 N–H and O–H groups in total. The lowest BCUT2D eigenvalue weighted by molar-refractivity contribution is -0.167. The lowest BCUT2D eigenvalue weighted by atomic mass is 10.1. The Morgan fingerprint density at radius 2 is 0.667 bits per heavy atom. The van der Waals surface area contributed by atoms with Gasteiger partial charge in [0.2, 0.25) is 0 Å². The average Bonchev–Trinajstić information content (AvgIpc) is 3.31. The first-order valence-corrected chi connectivity index (χ1v) is 27.3. The molecule has 0 saturated carbocycles. The summed E-state index contributed by atoms with van der Waals surface area (Å²) in [7, 11) is 0. The standard InChI is InChI=1S/C60H100O6/c1-4-7-10-13-16-19-22-25-27-29-30-31-33-35-38-41-44-47-50-53-59(62)65-56-57(55-64-58(61)52-49-46-43-40-37-34-24-21-18-15-12-9-6-3)66-60(63)54-51-48-45-42-39-36-32-28-26-23-20-17-14-11-8-5-2/h8-9,11-12,15,17-18,20-21,24,26,28-30,34,37,57H,4-7,10,13-14,16,19,22-23,25,27,31-33,35-36,38-56H2,1-3H3/b11-8+,12-9+,18-15+,20-17+,24-21+,28-26+,30-29+,37-34+. The van der Waals surface area contributed by atoms with Crippen molar-refractivity contribution in [2.75, 3.05) is 13.2 Å². The van der Waals surface area contributed by atoms with E-state index in [-0.39, 0.29) is 31.1 Å². The number of rotatable bonds is 48. The summed E-state index contributed by atoms with van der Waals surface area (Å²) in [5.74, 6) is -0.957. The van der Waals surface area contributed by atoms with Crippen LogP contribution in [-0.2, 0) is 28.6 Å². The fourth-order valence-corrected chi connectivity index (χ4v) is 7.34. The maximum absolute atomic E-state index is 12.8. The van der Waals surface area contributed by atoms with Crippen LogP contribution in [0.4, 0.5) is 0 Å². The van der Waals surface area contributed by atoms with Crippen LogP contribution in [0, 0.1) is 0 Å². The van der Waals surface area contributed by atoms with E-state index in [0.29, 0.717) is 19.3 Å². The van der Waals surface area contributed by atoms with E-state index in [9.17, 15) is 14.4 Å². The highest BCUT2D eigenvalue weighted by molar-refractivity contribution is 5.71. The lowest BCUT2D eigenvalue weighted by Crippen LogP contribution is -2.30. The first kappa shape index (κ1) is 62.3. The highest BCUT2D eigenvalue weighted by Crippen LogP contribution is 2.14. The molecular weight excluding hydrogens is 817 g/mol. The predicted octanol–water partition coefficient (Wildman–Crippen LogP) is 18.1. The van der Waals surface area contributed by atoms with Crippen LogP contribution in [0.2, 0.25) is 0 Å². The van der Waals surface area contributed by atoms with Gasteiger partial charge in [0.15, 0.2) is 6.10 Å². The van der Waals surface area contributed by atoms with Gasteiger partial charge in [0.05, 0.1) is 0 Å². The summed E-state index contributed by atoms with van der Waals surface area (Å²) >= 11 is 0. The van der Waals surface area contributed by atoms with Crippen molar-refractivity contribution >= 4 is 17.9 Å². The van der Waals surface area contributed by atoms with E-state index in [2.05, 4.69) is 81.5 Å². The molecule has 0 rings (SSSR count). The van der Waals surface area contributed by atoms with E-state index in [1.807, 2.05) is 36.5 Å². The molecule has 0 aromatic rings. The Labute approximate surface area is 407 Å². The summed E-state index contributed by atoms with van der Waals surface area (Å²) in [6.45, 7) is 6.34. The Bertz CT molecular complexity index is 1330. The summed E-state index contributed by atoms with van der Waals surface area (Å²) in [5, 5.41) is 0. The van der Waals surface area contributed by atoms with Gasteiger partial charge in [-0.25, -0.2) is 0 Å². The van der Waals surface area contributed by atoms with E-state index < -0.39 is 6.10 Å². The second-order valence-corrected chi connectivity index (χ2v) is 17.8. The summed E-state index contributed by atoms with van der Waals surface area (Å²) < 4.78 is 16.8. The molecule has 0 aromatic carbocycles. The number of hydrogen-bond donors (Lipinski definition) is 0. The van der Waals surface area contributed by atoms with E-state index in [0.717, 1.165) is 103 Å². The zero-order chi connectivity index (χ0) is 47.9. The number of hydrogen-bond acceptors (Lipinski definition) is 6. The molecule has 6 heteroatoms. The highest BCUT2D eigenvalue weighted by Gasteiger charge is 2.19. The maximum atomic E-state index is 12.8. The van der Waals surface area contributed by atoms with Gasteiger partial charge in [0, 0.05) is 19.3 Å². The fourth-order valence-electron chi connectivity index (χ4n) is 7.34. The van der Waals surface area contributed by atoms with E-state index in [1.54, 1.807) is 0 Å². The number of esters is 3. The largest absolute Gasteiger partial charge is 0.462 e. The van der Waals surface area contributed by atoms with Gasteiger partial charge < -0.3 is 14.2 Å². The Kier molecular flexibility index (Phi) is 50.9. The predicted molar refractivity (Wildman–Crippen MR) is 284 cm³/mol. The lowest BCUT2D eigenvalue weighted by Gasteiger charge is -2.18. The van der Waals surface area contributed by atoms with Crippen molar-refractivity contribution in [3.05, 3.63) is 97.2 Å². The van der Waals surface area contributed by atoms with Gasteiger partial charge in [0.1, 0.15) is 13.2 Å². The monoisotopic (exact) mass is 917 g/mol. The van der Waals surface area contributed by atoms with Gasteiger partial charge in [0.25, 0.3) is 0 Å². The SMILES string of the molecule is CC/C=C/C=C/C=C/C=C/CCCCCC(=O)OCC(COC(=O)CCCCCCCCC/C=C/CCCCCCCCCC)OC(=O)CCCCCCCC/C=C/C/C=C/C/C=C/CC. The van der Waals surface area contributed by atoms with Gasteiger partial charge in [-0.05, 0) is 96.3 Å². The summed E-state index contributed by atoms with van der Waals surface area (Å²) in [4.78, 5) is 38.1. The zero-order valence-corrected chi connectivity index (χ0v) is 42.9. The smallest absolute Gasteiger partial charge is 0.306 e. The molecule has 0 aliphatic carbocycles. The summed E-state index contributed by atoms with van der Waals surface area (Å²) in [6, 6.07) is 0. The molecule has 0 radical (unpaired) electrons. The minimum absolute atomic E-state index is 0.0987. The van der Waals surface area contributed by atoms with Crippen LogP contribution in [0.15, 0.2) is 97.2 Å². The topological polar surface area (TPSA) is 78.9 Å². The Morgan fingerprint density at radius 1 is 0.333 bits per heavy atom. The third-order valence-electron chi connectivity index (χ3n) is 11.4. The molecule has 0 aliphatic rings. The van der Waals surface area contributed by atoms with Crippen molar-refractivity contribution in [1.82, 2.24) is 0 Å². The average molecular weight is 917 g/mol. The van der Waals surface area contributed by atoms with E-state index in [1.165, 1.54) is 103 Å².